The summed E-state index contributed by atoms with van der Waals surface area (Å²) < 4.78 is 0. The molecule has 0 amide bonds. The van der Waals surface area contributed by atoms with Gasteiger partial charge in [-0.1, -0.05) is 23.2 Å². The monoisotopic (exact) mass is 253 g/mol. The minimum Gasteiger partial charge on any atom is -0.357 e. The molecule has 2 nitrogen and oxygen atoms in total. The molecule has 1 aliphatic carbocycles. The summed E-state index contributed by atoms with van der Waals surface area (Å²) >= 11 is 12.1. The fourth-order valence-electron chi connectivity index (χ4n) is 2.33. The largest absolute Gasteiger partial charge is 0.357 e. The van der Waals surface area contributed by atoms with E-state index in [0.717, 1.165) is 30.5 Å². The lowest BCUT2D eigenvalue weighted by Gasteiger charge is -2.06. The summed E-state index contributed by atoms with van der Waals surface area (Å²) in [6, 6.07) is 3.38. The molecule has 16 heavy (non-hydrogen) atoms. The van der Waals surface area contributed by atoms with Gasteiger partial charge in [0, 0.05) is 11.3 Å². The lowest BCUT2D eigenvalue weighted by molar-refractivity contribution is 0.900. The Morgan fingerprint density at radius 1 is 1.12 bits per heavy atom. The van der Waals surface area contributed by atoms with Gasteiger partial charge in [-0.25, -0.2) is 0 Å². The first-order valence-electron chi connectivity index (χ1n) is 5.20. The second kappa shape index (κ2) is 3.51. The van der Waals surface area contributed by atoms with Crippen LogP contribution in [0.4, 0.5) is 0 Å². The summed E-state index contributed by atoms with van der Waals surface area (Å²) in [5.74, 6) is 0. The molecule has 0 bridgehead atoms. The standard InChI is InChI=1S/C12H9Cl2NO/c13-7-4-5-8(14)11-10(7)12(16)6-2-1-3-9(6)15-11/h4-5H,1-3H2,(H,15,16). The summed E-state index contributed by atoms with van der Waals surface area (Å²) in [6.07, 6.45) is 2.78. The van der Waals surface area contributed by atoms with Crippen LogP contribution in [0.3, 0.4) is 0 Å². The number of fused-ring (bicyclic) bond motifs is 2. The predicted octanol–water partition coefficient (Wildman–Crippen LogP) is 3.32. The van der Waals surface area contributed by atoms with Gasteiger partial charge in [-0.05, 0) is 31.4 Å². The van der Waals surface area contributed by atoms with Crippen molar-refractivity contribution >= 4 is 34.1 Å². The van der Waals surface area contributed by atoms with Gasteiger partial charge in [0.25, 0.3) is 0 Å². The van der Waals surface area contributed by atoms with Crippen molar-refractivity contribution in [3.63, 3.8) is 0 Å². The van der Waals surface area contributed by atoms with Gasteiger partial charge >= 0.3 is 0 Å². The van der Waals surface area contributed by atoms with Crippen LogP contribution in [0, 0.1) is 0 Å². The van der Waals surface area contributed by atoms with Crippen molar-refractivity contribution in [2.24, 2.45) is 0 Å². The van der Waals surface area contributed by atoms with Gasteiger partial charge in [-0.15, -0.1) is 0 Å². The average molecular weight is 254 g/mol. The Morgan fingerprint density at radius 3 is 2.69 bits per heavy atom. The van der Waals surface area contributed by atoms with Gasteiger partial charge in [0.1, 0.15) is 0 Å². The molecule has 1 aromatic heterocycles. The molecule has 0 saturated carbocycles. The van der Waals surface area contributed by atoms with Gasteiger partial charge in [-0.2, -0.15) is 0 Å². The first-order valence-corrected chi connectivity index (χ1v) is 5.96. The topological polar surface area (TPSA) is 32.9 Å². The molecule has 0 aliphatic heterocycles. The fourth-order valence-corrected chi connectivity index (χ4v) is 2.78. The number of halogens is 2. The number of hydrogen-bond acceptors (Lipinski definition) is 1. The van der Waals surface area contributed by atoms with Crippen molar-refractivity contribution in [2.45, 2.75) is 19.3 Å². The molecule has 0 atom stereocenters. The second-order valence-corrected chi connectivity index (χ2v) is 4.86. The third kappa shape index (κ3) is 1.30. The number of H-pyrrole nitrogens is 1. The molecule has 0 saturated heterocycles. The van der Waals surface area contributed by atoms with E-state index in [2.05, 4.69) is 4.98 Å². The van der Waals surface area contributed by atoms with Crippen molar-refractivity contribution in [1.29, 1.82) is 0 Å². The zero-order chi connectivity index (χ0) is 11.3. The molecule has 0 spiro atoms. The molecule has 3 rings (SSSR count). The van der Waals surface area contributed by atoms with Crippen LogP contribution in [0.2, 0.25) is 10.0 Å². The highest BCUT2D eigenvalue weighted by atomic mass is 35.5. The third-order valence-corrected chi connectivity index (χ3v) is 3.73. The Labute approximate surface area is 102 Å². The molecule has 1 aromatic carbocycles. The second-order valence-electron chi connectivity index (χ2n) is 4.04. The number of benzene rings is 1. The molecule has 2 aromatic rings. The Hall–Kier alpha value is -0.990. The van der Waals surface area contributed by atoms with Crippen molar-refractivity contribution in [2.75, 3.05) is 0 Å². The Balaban J connectivity index is 2.56. The lowest BCUT2D eigenvalue weighted by atomic mass is 10.1. The summed E-state index contributed by atoms with van der Waals surface area (Å²) in [4.78, 5) is 15.5. The van der Waals surface area contributed by atoms with E-state index in [-0.39, 0.29) is 5.43 Å². The van der Waals surface area contributed by atoms with Crippen LogP contribution < -0.4 is 5.43 Å². The van der Waals surface area contributed by atoms with Gasteiger partial charge in [0.15, 0.2) is 5.43 Å². The number of aromatic amines is 1. The van der Waals surface area contributed by atoms with E-state index >= 15 is 0 Å². The highest BCUT2D eigenvalue weighted by molar-refractivity contribution is 6.39. The summed E-state index contributed by atoms with van der Waals surface area (Å²) in [5.41, 5.74) is 2.59. The molecular formula is C12H9Cl2NO. The van der Waals surface area contributed by atoms with Crippen LogP contribution in [0.5, 0.6) is 0 Å². The maximum absolute atomic E-state index is 12.2. The quantitative estimate of drug-likeness (QED) is 0.768. The van der Waals surface area contributed by atoms with Gasteiger partial charge in [0.05, 0.1) is 20.9 Å². The van der Waals surface area contributed by atoms with Gasteiger partial charge in [0.2, 0.25) is 0 Å². The van der Waals surface area contributed by atoms with Crippen molar-refractivity contribution in [3.05, 3.63) is 43.7 Å². The van der Waals surface area contributed by atoms with E-state index in [0.29, 0.717) is 20.9 Å². The normalized spacial score (nSPS) is 14.4. The fraction of sp³-hybridized carbons (Fsp3) is 0.250. The minimum atomic E-state index is 0.0359. The number of aryl methyl sites for hydroxylation is 1. The zero-order valence-electron chi connectivity index (χ0n) is 8.44. The van der Waals surface area contributed by atoms with Crippen LogP contribution in [-0.2, 0) is 12.8 Å². The zero-order valence-corrected chi connectivity index (χ0v) is 9.95. The van der Waals surface area contributed by atoms with E-state index in [1.807, 2.05) is 0 Å². The molecule has 1 aliphatic rings. The Kier molecular flexibility index (Phi) is 2.23. The van der Waals surface area contributed by atoms with Crippen LogP contribution in [0.15, 0.2) is 16.9 Å². The summed E-state index contributed by atoms with van der Waals surface area (Å²) in [5, 5.41) is 1.54. The predicted molar refractivity (Wildman–Crippen MR) is 66.6 cm³/mol. The van der Waals surface area contributed by atoms with E-state index in [4.69, 9.17) is 23.2 Å². The van der Waals surface area contributed by atoms with E-state index in [1.54, 1.807) is 12.1 Å². The molecule has 0 fully saturated rings. The number of nitrogens with one attached hydrogen (secondary N) is 1. The number of hydrogen-bond donors (Lipinski definition) is 1. The SMILES string of the molecule is O=c1c2c([nH]c3c(Cl)ccc(Cl)c13)CCC2. The molecule has 1 heterocycles. The van der Waals surface area contributed by atoms with E-state index in [1.165, 1.54) is 0 Å². The van der Waals surface area contributed by atoms with E-state index < -0.39 is 0 Å². The Morgan fingerprint density at radius 2 is 1.88 bits per heavy atom. The molecule has 0 unspecified atom stereocenters. The van der Waals surface area contributed by atoms with Crippen molar-refractivity contribution in [1.82, 2.24) is 4.98 Å². The van der Waals surface area contributed by atoms with Gasteiger partial charge < -0.3 is 4.98 Å². The molecule has 82 valence electrons. The van der Waals surface area contributed by atoms with Crippen LogP contribution >= 0.6 is 23.2 Å². The van der Waals surface area contributed by atoms with Crippen molar-refractivity contribution in [3.8, 4) is 0 Å². The molecular weight excluding hydrogens is 245 g/mol. The minimum absolute atomic E-state index is 0.0359. The number of pyridine rings is 1. The summed E-state index contributed by atoms with van der Waals surface area (Å²) in [7, 11) is 0. The highest BCUT2D eigenvalue weighted by Crippen LogP contribution is 2.29. The van der Waals surface area contributed by atoms with E-state index in [9.17, 15) is 4.79 Å². The molecule has 1 N–H and O–H groups in total. The van der Waals surface area contributed by atoms with Crippen molar-refractivity contribution < 1.29 is 0 Å². The van der Waals surface area contributed by atoms with Crippen LogP contribution in [0.1, 0.15) is 17.7 Å². The maximum Gasteiger partial charge on any atom is 0.194 e. The van der Waals surface area contributed by atoms with Gasteiger partial charge in [-0.3, -0.25) is 4.79 Å². The molecule has 4 heteroatoms. The lowest BCUT2D eigenvalue weighted by Crippen LogP contribution is -2.11. The number of rotatable bonds is 0. The number of aromatic nitrogens is 1. The average Bonchev–Trinajstić information content (AvgIpc) is 2.72. The first-order chi connectivity index (χ1) is 7.68. The maximum atomic E-state index is 12.2. The third-order valence-electron chi connectivity index (χ3n) is 3.10. The first kappa shape index (κ1) is 10.2. The van der Waals surface area contributed by atoms with Crippen LogP contribution in [0.25, 0.3) is 10.9 Å². The highest BCUT2D eigenvalue weighted by Gasteiger charge is 2.19. The smallest absolute Gasteiger partial charge is 0.194 e. The Bertz CT molecular complexity index is 645. The van der Waals surface area contributed by atoms with Crippen LogP contribution in [-0.4, -0.2) is 4.98 Å². The summed E-state index contributed by atoms with van der Waals surface area (Å²) in [6.45, 7) is 0. The molecule has 0 radical (unpaired) electrons.